The maximum Gasteiger partial charge on any atom is 0.254 e. The van der Waals surface area contributed by atoms with Crippen molar-refractivity contribution in [3.8, 4) is 0 Å². The first-order valence-electron chi connectivity index (χ1n) is 6.73. The highest BCUT2D eigenvalue weighted by Crippen LogP contribution is 2.24. The third kappa shape index (κ3) is 3.09. The van der Waals surface area contributed by atoms with Crippen molar-refractivity contribution in [3.63, 3.8) is 0 Å². The van der Waals surface area contributed by atoms with Crippen molar-refractivity contribution in [2.75, 3.05) is 25.4 Å². The van der Waals surface area contributed by atoms with Crippen LogP contribution in [0.2, 0.25) is 0 Å². The van der Waals surface area contributed by atoms with Gasteiger partial charge in [-0.2, -0.15) is 4.31 Å². The molecule has 0 saturated carbocycles. The van der Waals surface area contributed by atoms with E-state index in [1.54, 1.807) is 4.90 Å². The Morgan fingerprint density at radius 1 is 1.26 bits per heavy atom. The van der Waals surface area contributed by atoms with Gasteiger partial charge in [0.15, 0.2) is 0 Å². The van der Waals surface area contributed by atoms with Gasteiger partial charge in [-0.15, -0.1) is 0 Å². The van der Waals surface area contributed by atoms with E-state index in [1.165, 1.54) is 18.2 Å². The molecule has 0 radical (unpaired) electrons. The Bertz CT molecular complexity index is 455. The summed E-state index contributed by atoms with van der Waals surface area (Å²) in [6, 6.07) is -0.132. The summed E-state index contributed by atoms with van der Waals surface area (Å²) >= 11 is 0. The SMILES string of the molecule is CC(C)(O)C(=O)N1CCCC(N2CCCS2(=O)=O)C1. The van der Waals surface area contributed by atoms with Crippen LogP contribution in [0.3, 0.4) is 0 Å². The molecule has 2 rings (SSSR count). The van der Waals surface area contributed by atoms with Gasteiger partial charge in [-0.1, -0.05) is 0 Å². The summed E-state index contributed by atoms with van der Waals surface area (Å²) in [4.78, 5) is 13.6. The summed E-state index contributed by atoms with van der Waals surface area (Å²) in [5.74, 6) is -0.114. The molecular formula is C12H22N2O4S. The van der Waals surface area contributed by atoms with Crippen molar-refractivity contribution < 1.29 is 18.3 Å². The first-order valence-corrected chi connectivity index (χ1v) is 8.34. The fourth-order valence-corrected chi connectivity index (χ4v) is 4.59. The molecule has 0 aromatic rings. The van der Waals surface area contributed by atoms with E-state index in [1.807, 2.05) is 0 Å². The quantitative estimate of drug-likeness (QED) is 0.763. The Labute approximate surface area is 114 Å². The summed E-state index contributed by atoms with van der Waals surface area (Å²) < 4.78 is 25.4. The van der Waals surface area contributed by atoms with Crippen LogP contribution in [0.1, 0.15) is 33.1 Å². The van der Waals surface area contributed by atoms with Gasteiger partial charge >= 0.3 is 0 Å². The van der Waals surface area contributed by atoms with Gasteiger partial charge < -0.3 is 10.0 Å². The molecule has 0 aliphatic carbocycles. The highest BCUT2D eigenvalue weighted by molar-refractivity contribution is 7.89. The van der Waals surface area contributed by atoms with Gasteiger partial charge in [0.2, 0.25) is 10.0 Å². The van der Waals surface area contributed by atoms with Crippen molar-refractivity contribution in [2.24, 2.45) is 0 Å². The van der Waals surface area contributed by atoms with Crippen LogP contribution in [-0.2, 0) is 14.8 Å². The molecule has 2 saturated heterocycles. The van der Waals surface area contributed by atoms with E-state index in [0.717, 1.165) is 12.8 Å². The Balaban J connectivity index is 2.08. The molecule has 2 fully saturated rings. The zero-order chi connectivity index (χ0) is 14.3. The van der Waals surface area contributed by atoms with Crippen LogP contribution in [-0.4, -0.2) is 65.7 Å². The lowest BCUT2D eigenvalue weighted by atomic mass is 10.0. The van der Waals surface area contributed by atoms with Crippen LogP contribution in [0.5, 0.6) is 0 Å². The zero-order valence-electron chi connectivity index (χ0n) is 11.5. The lowest BCUT2D eigenvalue weighted by molar-refractivity contribution is -0.149. The number of likely N-dealkylation sites (tertiary alicyclic amines) is 1. The third-order valence-corrected chi connectivity index (χ3v) is 5.75. The van der Waals surface area contributed by atoms with Crippen molar-refractivity contribution >= 4 is 15.9 Å². The molecule has 1 unspecified atom stereocenters. The Morgan fingerprint density at radius 2 is 1.95 bits per heavy atom. The maximum absolute atomic E-state index is 12.0. The molecule has 6 nitrogen and oxygen atoms in total. The lowest BCUT2D eigenvalue weighted by Crippen LogP contribution is -2.54. The van der Waals surface area contributed by atoms with Crippen LogP contribution in [0, 0.1) is 0 Å². The normalized spacial score (nSPS) is 28.6. The van der Waals surface area contributed by atoms with Gasteiger partial charge in [-0.05, 0) is 33.1 Å². The molecule has 2 aliphatic rings. The van der Waals surface area contributed by atoms with E-state index >= 15 is 0 Å². The standard InChI is InChI=1S/C12H22N2O4S/c1-12(2,16)11(15)13-6-3-5-10(9-13)14-7-4-8-19(14,17)18/h10,16H,3-9H2,1-2H3. The molecule has 1 N–H and O–H groups in total. The number of amides is 1. The predicted molar refractivity (Wildman–Crippen MR) is 71.0 cm³/mol. The van der Waals surface area contributed by atoms with Crippen LogP contribution >= 0.6 is 0 Å². The van der Waals surface area contributed by atoms with Gasteiger partial charge in [0.1, 0.15) is 5.60 Å². The number of aliphatic hydroxyl groups is 1. The summed E-state index contributed by atoms with van der Waals surface area (Å²) in [6.07, 6.45) is 2.23. The fourth-order valence-electron chi connectivity index (χ4n) is 2.83. The first kappa shape index (κ1) is 14.7. The number of carbonyl (C=O) groups is 1. The number of rotatable bonds is 2. The minimum absolute atomic E-state index is 0.132. The number of sulfonamides is 1. The third-order valence-electron chi connectivity index (χ3n) is 3.75. The van der Waals surface area contributed by atoms with Crippen LogP contribution in [0.25, 0.3) is 0 Å². The molecule has 19 heavy (non-hydrogen) atoms. The molecule has 2 heterocycles. The van der Waals surface area contributed by atoms with E-state index in [4.69, 9.17) is 0 Å². The highest BCUT2D eigenvalue weighted by Gasteiger charge is 2.39. The minimum atomic E-state index is -3.14. The number of piperidine rings is 1. The monoisotopic (exact) mass is 290 g/mol. The number of hydrogen-bond acceptors (Lipinski definition) is 4. The van der Waals surface area contributed by atoms with Crippen LogP contribution < -0.4 is 0 Å². The van der Waals surface area contributed by atoms with Crippen molar-refractivity contribution in [1.82, 2.24) is 9.21 Å². The Morgan fingerprint density at radius 3 is 2.47 bits per heavy atom. The molecule has 0 aromatic heterocycles. The van der Waals surface area contributed by atoms with Crippen molar-refractivity contribution in [1.29, 1.82) is 0 Å². The molecule has 0 spiro atoms. The molecule has 0 aromatic carbocycles. The Hall–Kier alpha value is -0.660. The molecule has 0 bridgehead atoms. The molecule has 2 aliphatic heterocycles. The second-order valence-corrected chi connectivity index (χ2v) is 7.93. The summed E-state index contributed by atoms with van der Waals surface area (Å²) in [5.41, 5.74) is -1.40. The van der Waals surface area contributed by atoms with E-state index in [-0.39, 0.29) is 17.7 Å². The molecule has 1 amide bonds. The molecular weight excluding hydrogens is 268 g/mol. The van der Waals surface area contributed by atoms with E-state index in [0.29, 0.717) is 26.1 Å². The van der Waals surface area contributed by atoms with Gasteiger partial charge in [0.05, 0.1) is 5.75 Å². The second kappa shape index (κ2) is 5.03. The summed E-state index contributed by atoms with van der Waals surface area (Å²) in [5, 5.41) is 9.77. The van der Waals surface area contributed by atoms with E-state index in [2.05, 4.69) is 0 Å². The summed E-state index contributed by atoms with van der Waals surface area (Å²) in [6.45, 7) is 4.46. The van der Waals surface area contributed by atoms with Gasteiger partial charge in [-0.3, -0.25) is 4.79 Å². The first-order chi connectivity index (χ1) is 8.72. The van der Waals surface area contributed by atoms with Crippen LogP contribution in [0.4, 0.5) is 0 Å². The Kier molecular flexibility index (Phi) is 3.90. The molecule has 7 heteroatoms. The second-order valence-electron chi connectivity index (χ2n) is 5.89. The maximum atomic E-state index is 12.0. The minimum Gasteiger partial charge on any atom is -0.381 e. The number of hydrogen-bond donors (Lipinski definition) is 1. The molecule has 110 valence electrons. The van der Waals surface area contributed by atoms with Crippen LogP contribution in [0.15, 0.2) is 0 Å². The van der Waals surface area contributed by atoms with Crippen molar-refractivity contribution in [2.45, 2.75) is 44.8 Å². The number of carbonyl (C=O) groups excluding carboxylic acids is 1. The van der Waals surface area contributed by atoms with Gasteiger partial charge in [-0.25, -0.2) is 8.42 Å². The average molecular weight is 290 g/mol. The van der Waals surface area contributed by atoms with Gasteiger partial charge in [0, 0.05) is 25.7 Å². The van der Waals surface area contributed by atoms with E-state index < -0.39 is 15.6 Å². The van der Waals surface area contributed by atoms with E-state index in [9.17, 15) is 18.3 Å². The largest absolute Gasteiger partial charge is 0.381 e. The predicted octanol–water partition coefficient (Wildman–Crippen LogP) is -0.216. The number of nitrogens with zero attached hydrogens (tertiary/aromatic N) is 2. The van der Waals surface area contributed by atoms with Crippen molar-refractivity contribution in [3.05, 3.63) is 0 Å². The van der Waals surface area contributed by atoms with Gasteiger partial charge in [0.25, 0.3) is 5.91 Å². The smallest absolute Gasteiger partial charge is 0.254 e. The average Bonchev–Trinajstić information content (AvgIpc) is 2.67. The highest BCUT2D eigenvalue weighted by atomic mass is 32.2. The lowest BCUT2D eigenvalue weighted by Gasteiger charge is -2.38. The molecule has 1 atom stereocenters. The fraction of sp³-hybridized carbons (Fsp3) is 0.917. The zero-order valence-corrected chi connectivity index (χ0v) is 12.3. The summed E-state index contributed by atoms with van der Waals surface area (Å²) in [7, 11) is -3.14. The topological polar surface area (TPSA) is 77.9 Å².